The maximum atomic E-state index is 12.4. The lowest BCUT2D eigenvalue weighted by atomic mass is 9.87. The zero-order valence-electron chi connectivity index (χ0n) is 13.3. The van der Waals surface area contributed by atoms with Crippen LogP contribution < -0.4 is 10.6 Å². The molecule has 1 aromatic rings. The van der Waals surface area contributed by atoms with Crippen molar-refractivity contribution in [3.63, 3.8) is 0 Å². The minimum absolute atomic E-state index is 0.0281. The lowest BCUT2D eigenvalue weighted by molar-refractivity contribution is -0.107. The molecular formula is C14H23N3O3S2. The van der Waals surface area contributed by atoms with E-state index in [-0.39, 0.29) is 18.0 Å². The van der Waals surface area contributed by atoms with Gasteiger partial charge in [0.05, 0.1) is 6.54 Å². The van der Waals surface area contributed by atoms with Crippen LogP contribution >= 0.6 is 11.3 Å². The molecule has 22 heavy (non-hydrogen) atoms. The molecule has 1 rings (SSSR count). The molecule has 0 fully saturated rings. The zero-order valence-corrected chi connectivity index (χ0v) is 14.9. The summed E-state index contributed by atoms with van der Waals surface area (Å²) in [5.74, 6) is 0. The topological polar surface area (TPSA) is 78.5 Å². The van der Waals surface area contributed by atoms with Gasteiger partial charge in [-0.2, -0.15) is 0 Å². The molecule has 8 heteroatoms. The minimum Gasteiger partial charge on any atom is -0.334 e. The van der Waals surface area contributed by atoms with E-state index in [0.29, 0.717) is 12.8 Å². The van der Waals surface area contributed by atoms with E-state index in [9.17, 15) is 13.8 Å². The molecule has 0 spiro atoms. The number of likely N-dealkylation sites (N-methyl/N-ethyl adjacent to an activating group) is 1. The summed E-state index contributed by atoms with van der Waals surface area (Å²) < 4.78 is 14.9. The molecule has 1 unspecified atom stereocenters. The fourth-order valence-electron chi connectivity index (χ4n) is 1.72. The Kier molecular flexibility index (Phi) is 7.18. The largest absolute Gasteiger partial charge is 0.334 e. The Morgan fingerprint density at radius 2 is 2.18 bits per heavy atom. The van der Waals surface area contributed by atoms with E-state index in [4.69, 9.17) is 0 Å². The number of amides is 2. The van der Waals surface area contributed by atoms with Crippen molar-refractivity contribution in [3.8, 4) is 0 Å². The number of urea groups is 1. The molecule has 0 aliphatic carbocycles. The first-order valence-corrected chi connectivity index (χ1v) is 8.89. The Hall–Kier alpha value is -1.25. The number of rotatable bonds is 7. The highest BCUT2D eigenvalue weighted by Crippen LogP contribution is 2.22. The van der Waals surface area contributed by atoms with Gasteiger partial charge < -0.3 is 15.4 Å². The smallest absolute Gasteiger partial charge is 0.315 e. The number of aldehydes is 1. The van der Waals surface area contributed by atoms with Crippen molar-refractivity contribution < 1.29 is 13.8 Å². The predicted molar refractivity (Wildman–Crippen MR) is 89.2 cm³/mol. The molecule has 2 N–H and O–H groups in total. The van der Waals surface area contributed by atoms with E-state index in [1.54, 1.807) is 11.4 Å². The Morgan fingerprint density at radius 1 is 1.50 bits per heavy atom. The number of hydrogen-bond acceptors (Lipinski definition) is 4. The number of thiophene rings is 1. The molecule has 0 aliphatic rings. The summed E-state index contributed by atoms with van der Waals surface area (Å²) in [6.45, 7) is 6.40. The summed E-state index contributed by atoms with van der Waals surface area (Å²) in [4.78, 5) is 22.1. The molecular weight excluding hydrogens is 322 g/mol. The van der Waals surface area contributed by atoms with Crippen LogP contribution in [0.1, 0.15) is 20.8 Å². The van der Waals surface area contributed by atoms with Gasteiger partial charge in [-0.15, -0.1) is 11.3 Å². The average molecular weight is 345 g/mol. The van der Waals surface area contributed by atoms with Gasteiger partial charge in [0, 0.05) is 19.6 Å². The minimum atomic E-state index is -1.25. The molecule has 2 amide bonds. The Labute approximate surface area is 137 Å². The Balaban J connectivity index is 2.70. The summed E-state index contributed by atoms with van der Waals surface area (Å²) >= 11 is 1.44. The van der Waals surface area contributed by atoms with Gasteiger partial charge in [-0.25, -0.2) is 13.3 Å². The first-order chi connectivity index (χ1) is 10.3. The molecule has 0 saturated carbocycles. The van der Waals surface area contributed by atoms with Crippen molar-refractivity contribution in [2.24, 2.45) is 5.41 Å². The molecule has 1 heterocycles. The SMILES string of the molecule is CN(C[C@@H](NC(=O)NCC=O)C(C)(C)C)S(=O)c1cccs1. The van der Waals surface area contributed by atoms with Gasteiger partial charge in [0.15, 0.2) is 0 Å². The fourth-order valence-corrected chi connectivity index (χ4v) is 3.83. The van der Waals surface area contributed by atoms with E-state index in [2.05, 4.69) is 10.6 Å². The molecule has 124 valence electrons. The first kappa shape index (κ1) is 18.8. The highest BCUT2D eigenvalue weighted by molar-refractivity contribution is 7.85. The summed E-state index contributed by atoms with van der Waals surface area (Å²) in [6, 6.07) is 3.07. The summed E-state index contributed by atoms with van der Waals surface area (Å²) in [7, 11) is 0.515. The molecule has 0 aliphatic heterocycles. The molecule has 0 bridgehead atoms. The maximum Gasteiger partial charge on any atom is 0.315 e. The van der Waals surface area contributed by atoms with Crippen molar-refractivity contribution >= 4 is 34.6 Å². The lowest BCUT2D eigenvalue weighted by Gasteiger charge is -2.34. The molecule has 6 nitrogen and oxygen atoms in total. The Morgan fingerprint density at radius 3 is 2.68 bits per heavy atom. The normalized spacial score (nSPS) is 14.4. The van der Waals surface area contributed by atoms with Crippen LogP contribution in [0.15, 0.2) is 21.7 Å². The molecule has 0 saturated heterocycles. The first-order valence-electron chi connectivity index (χ1n) is 6.90. The van der Waals surface area contributed by atoms with Gasteiger partial charge in [0.25, 0.3) is 0 Å². The average Bonchev–Trinajstić information content (AvgIpc) is 2.96. The highest BCUT2D eigenvalue weighted by atomic mass is 32.2. The van der Waals surface area contributed by atoms with Crippen LogP contribution in [0.5, 0.6) is 0 Å². The van der Waals surface area contributed by atoms with Gasteiger partial charge in [-0.1, -0.05) is 26.8 Å². The second-order valence-electron chi connectivity index (χ2n) is 5.93. The Bertz CT molecular complexity index is 512. The second-order valence-corrected chi connectivity index (χ2v) is 8.70. The zero-order chi connectivity index (χ0) is 16.8. The van der Waals surface area contributed by atoms with Gasteiger partial charge in [0.1, 0.15) is 21.5 Å². The van der Waals surface area contributed by atoms with Crippen LogP contribution in [0.3, 0.4) is 0 Å². The van der Waals surface area contributed by atoms with Crippen LogP contribution in [-0.2, 0) is 15.8 Å². The third-order valence-electron chi connectivity index (χ3n) is 3.09. The standard InChI is InChI=1S/C14H23N3O3S2/c1-14(2,3)11(16-13(19)15-7-8-18)10-17(4)22(20)12-6-5-9-21-12/h5-6,8-9,11H,7,10H2,1-4H3,(H2,15,16,19)/t11-,22?/m1/s1. The van der Waals surface area contributed by atoms with Crippen LogP contribution in [0.2, 0.25) is 0 Å². The van der Waals surface area contributed by atoms with E-state index >= 15 is 0 Å². The number of carbonyl (C=O) groups excluding carboxylic acids is 2. The van der Waals surface area contributed by atoms with E-state index in [1.165, 1.54) is 11.3 Å². The van der Waals surface area contributed by atoms with Crippen LogP contribution in [0.25, 0.3) is 0 Å². The van der Waals surface area contributed by atoms with Crippen molar-refractivity contribution in [2.75, 3.05) is 20.1 Å². The molecule has 0 radical (unpaired) electrons. The van der Waals surface area contributed by atoms with Crippen molar-refractivity contribution in [1.82, 2.24) is 14.9 Å². The van der Waals surface area contributed by atoms with Crippen LogP contribution in [-0.4, -0.2) is 47.0 Å². The second kappa shape index (κ2) is 8.40. The highest BCUT2D eigenvalue weighted by Gasteiger charge is 2.29. The summed E-state index contributed by atoms with van der Waals surface area (Å²) in [5.41, 5.74) is -0.216. The van der Waals surface area contributed by atoms with Crippen LogP contribution in [0.4, 0.5) is 4.79 Å². The monoisotopic (exact) mass is 345 g/mol. The van der Waals surface area contributed by atoms with E-state index < -0.39 is 17.0 Å². The third-order valence-corrected chi connectivity index (χ3v) is 5.66. The summed E-state index contributed by atoms with van der Waals surface area (Å²) in [6.07, 6.45) is 0.629. The van der Waals surface area contributed by atoms with Crippen molar-refractivity contribution in [2.45, 2.75) is 31.0 Å². The number of carbonyl (C=O) groups is 2. The number of nitrogens with zero attached hydrogens (tertiary/aromatic N) is 1. The van der Waals surface area contributed by atoms with Gasteiger partial charge in [-0.3, -0.25) is 0 Å². The summed E-state index contributed by atoms with van der Waals surface area (Å²) in [5, 5.41) is 7.18. The maximum absolute atomic E-state index is 12.4. The number of hydrogen-bond donors (Lipinski definition) is 2. The van der Waals surface area contributed by atoms with Gasteiger partial charge >= 0.3 is 6.03 Å². The molecule has 2 atom stereocenters. The van der Waals surface area contributed by atoms with Gasteiger partial charge in [-0.05, 0) is 16.9 Å². The lowest BCUT2D eigenvalue weighted by Crippen LogP contribution is -2.53. The molecule has 1 aromatic heterocycles. The number of nitrogens with one attached hydrogen (secondary N) is 2. The predicted octanol–water partition coefficient (Wildman–Crippen LogP) is 1.62. The fraction of sp³-hybridized carbons (Fsp3) is 0.571. The van der Waals surface area contributed by atoms with E-state index in [0.717, 1.165) is 4.21 Å². The quantitative estimate of drug-likeness (QED) is 0.737. The van der Waals surface area contributed by atoms with Crippen molar-refractivity contribution in [3.05, 3.63) is 17.5 Å². The van der Waals surface area contributed by atoms with Crippen molar-refractivity contribution in [1.29, 1.82) is 0 Å². The third kappa shape index (κ3) is 5.86. The molecule has 0 aromatic carbocycles. The van der Waals surface area contributed by atoms with E-state index in [1.807, 2.05) is 38.3 Å². The van der Waals surface area contributed by atoms with Crippen LogP contribution in [0, 0.1) is 5.41 Å². The van der Waals surface area contributed by atoms with Gasteiger partial charge in [0.2, 0.25) is 0 Å².